The minimum absolute atomic E-state index is 0.0884. The number of aromatic nitrogens is 3. The number of likely N-dealkylation sites (tertiary alicyclic amines) is 1. The number of hydrogen-bond acceptors (Lipinski definition) is 4. The molecule has 1 unspecified atom stereocenters. The summed E-state index contributed by atoms with van der Waals surface area (Å²) in [6, 6.07) is 1.97. The Hall–Kier alpha value is -2.44. The normalized spacial score (nSPS) is 22.6. The van der Waals surface area contributed by atoms with Crippen molar-refractivity contribution in [1.82, 2.24) is 25.0 Å². The van der Waals surface area contributed by atoms with Crippen molar-refractivity contribution in [3.8, 4) is 0 Å². The lowest BCUT2D eigenvalue weighted by atomic mass is 9.86. The molecule has 2 aromatic heterocycles. The van der Waals surface area contributed by atoms with E-state index in [1.165, 1.54) is 19.3 Å². The predicted molar refractivity (Wildman–Crippen MR) is 119 cm³/mol. The molecule has 2 amide bonds. The standard InChI is InChI=1S/C24H33N5O2/c1-25-23(30)18-13-19(15-10-11-15)26-22-20(18)21(27-28(22)2)17-9-6-12-29(14-17)24(31)16-7-4-3-5-8-16/h13,15-17H,3-12,14H2,1-2H3,(H,25,30). The Morgan fingerprint density at radius 1 is 1.03 bits per heavy atom. The lowest BCUT2D eigenvalue weighted by molar-refractivity contribution is -0.137. The summed E-state index contributed by atoms with van der Waals surface area (Å²) in [6.45, 7) is 1.53. The number of piperidine rings is 1. The molecule has 3 fully saturated rings. The van der Waals surface area contributed by atoms with E-state index in [9.17, 15) is 9.59 Å². The fraction of sp³-hybridized carbons (Fsp3) is 0.667. The van der Waals surface area contributed by atoms with Crippen LogP contribution in [0.3, 0.4) is 0 Å². The van der Waals surface area contributed by atoms with Crippen LogP contribution in [0.25, 0.3) is 11.0 Å². The zero-order chi connectivity index (χ0) is 21.5. The van der Waals surface area contributed by atoms with Crippen LogP contribution in [0.2, 0.25) is 0 Å². The van der Waals surface area contributed by atoms with E-state index in [1.54, 1.807) is 7.05 Å². The van der Waals surface area contributed by atoms with E-state index in [-0.39, 0.29) is 17.7 Å². The number of nitrogens with one attached hydrogen (secondary N) is 1. The zero-order valence-corrected chi connectivity index (χ0v) is 18.7. The molecule has 1 aliphatic heterocycles. The van der Waals surface area contributed by atoms with Crippen LogP contribution < -0.4 is 5.32 Å². The first-order valence-electron chi connectivity index (χ1n) is 11.9. The van der Waals surface area contributed by atoms with E-state index in [4.69, 9.17) is 10.1 Å². The second-order valence-electron chi connectivity index (χ2n) is 9.61. The number of nitrogens with zero attached hydrogens (tertiary/aromatic N) is 4. The molecule has 7 nitrogen and oxygen atoms in total. The fourth-order valence-electron chi connectivity index (χ4n) is 5.49. The highest BCUT2D eigenvalue weighted by Crippen LogP contribution is 2.41. The van der Waals surface area contributed by atoms with Gasteiger partial charge in [-0.3, -0.25) is 14.3 Å². The number of carbonyl (C=O) groups excluding carboxylic acids is 2. The second kappa shape index (κ2) is 8.24. The summed E-state index contributed by atoms with van der Waals surface area (Å²) in [5.74, 6) is 1.03. The molecule has 2 aliphatic carbocycles. The van der Waals surface area contributed by atoms with Crippen LogP contribution in [0.15, 0.2) is 6.07 Å². The maximum absolute atomic E-state index is 13.2. The molecule has 2 saturated carbocycles. The van der Waals surface area contributed by atoms with Crippen LogP contribution in [0, 0.1) is 5.92 Å². The number of aryl methyl sites for hydroxylation is 1. The van der Waals surface area contributed by atoms with Crippen molar-refractivity contribution in [2.24, 2.45) is 13.0 Å². The van der Waals surface area contributed by atoms with Gasteiger partial charge in [0.25, 0.3) is 5.91 Å². The largest absolute Gasteiger partial charge is 0.355 e. The van der Waals surface area contributed by atoms with Gasteiger partial charge >= 0.3 is 0 Å². The maximum Gasteiger partial charge on any atom is 0.251 e. The first kappa shape index (κ1) is 20.5. The first-order valence-corrected chi connectivity index (χ1v) is 11.9. The van der Waals surface area contributed by atoms with Gasteiger partial charge in [0.2, 0.25) is 5.91 Å². The predicted octanol–water partition coefficient (Wildman–Crippen LogP) is 3.49. The monoisotopic (exact) mass is 423 g/mol. The minimum atomic E-state index is -0.0884. The Morgan fingerprint density at radius 2 is 1.81 bits per heavy atom. The molecular weight excluding hydrogens is 390 g/mol. The van der Waals surface area contributed by atoms with Gasteiger partial charge in [0.05, 0.1) is 16.6 Å². The van der Waals surface area contributed by atoms with Gasteiger partial charge in [-0.2, -0.15) is 5.10 Å². The van der Waals surface area contributed by atoms with E-state index < -0.39 is 0 Å². The summed E-state index contributed by atoms with van der Waals surface area (Å²) in [5, 5.41) is 8.52. The molecule has 3 heterocycles. The van der Waals surface area contributed by atoms with Gasteiger partial charge in [0.1, 0.15) is 0 Å². The van der Waals surface area contributed by atoms with Gasteiger partial charge in [0, 0.05) is 50.6 Å². The maximum atomic E-state index is 13.2. The van der Waals surface area contributed by atoms with Crippen LogP contribution >= 0.6 is 0 Å². The molecule has 2 aromatic rings. The van der Waals surface area contributed by atoms with Crippen LogP contribution in [0.4, 0.5) is 0 Å². The highest BCUT2D eigenvalue weighted by Gasteiger charge is 2.34. The number of carbonyl (C=O) groups is 2. The smallest absolute Gasteiger partial charge is 0.251 e. The highest BCUT2D eigenvalue weighted by atomic mass is 16.2. The van der Waals surface area contributed by atoms with Gasteiger partial charge in [-0.25, -0.2) is 4.98 Å². The molecular formula is C24H33N5O2. The van der Waals surface area contributed by atoms with E-state index in [1.807, 2.05) is 17.8 Å². The first-order chi connectivity index (χ1) is 15.1. The molecule has 166 valence electrons. The molecule has 0 radical (unpaired) electrons. The van der Waals surface area contributed by atoms with Gasteiger partial charge in [0.15, 0.2) is 5.65 Å². The van der Waals surface area contributed by atoms with Crippen LogP contribution in [0.1, 0.15) is 91.4 Å². The van der Waals surface area contributed by atoms with Crippen molar-refractivity contribution >= 4 is 22.8 Å². The summed E-state index contributed by atoms with van der Waals surface area (Å²) < 4.78 is 1.82. The highest BCUT2D eigenvalue weighted by molar-refractivity contribution is 6.06. The molecule has 0 bridgehead atoms. The average molecular weight is 424 g/mol. The number of hydrogen-bond donors (Lipinski definition) is 1. The number of amides is 2. The molecule has 5 rings (SSSR count). The van der Waals surface area contributed by atoms with Crippen molar-refractivity contribution in [2.45, 2.75) is 69.6 Å². The topological polar surface area (TPSA) is 80.1 Å². The molecule has 7 heteroatoms. The third-order valence-electron chi connectivity index (χ3n) is 7.38. The lowest BCUT2D eigenvalue weighted by Crippen LogP contribution is -2.43. The zero-order valence-electron chi connectivity index (χ0n) is 18.7. The van der Waals surface area contributed by atoms with Gasteiger partial charge < -0.3 is 10.2 Å². The molecule has 1 saturated heterocycles. The molecule has 1 atom stereocenters. The molecule has 1 N–H and O–H groups in total. The van der Waals surface area contributed by atoms with E-state index in [0.717, 1.165) is 67.5 Å². The van der Waals surface area contributed by atoms with Crippen LogP contribution in [0.5, 0.6) is 0 Å². The van der Waals surface area contributed by atoms with Crippen molar-refractivity contribution in [2.75, 3.05) is 20.1 Å². The third kappa shape index (κ3) is 3.83. The van der Waals surface area contributed by atoms with Crippen molar-refractivity contribution in [3.63, 3.8) is 0 Å². The van der Waals surface area contributed by atoms with Gasteiger partial charge in [-0.1, -0.05) is 19.3 Å². The number of fused-ring (bicyclic) bond motifs is 1. The van der Waals surface area contributed by atoms with Gasteiger partial charge in [-0.05, 0) is 44.6 Å². The van der Waals surface area contributed by atoms with Crippen molar-refractivity contribution in [3.05, 3.63) is 23.0 Å². The molecule has 0 spiro atoms. The number of rotatable bonds is 4. The molecule has 31 heavy (non-hydrogen) atoms. The summed E-state index contributed by atoms with van der Waals surface area (Å²) in [7, 11) is 3.59. The van der Waals surface area contributed by atoms with Crippen molar-refractivity contribution < 1.29 is 9.59 Å². The van der Waals surface area contributed by atoms with Crippen LogP contribution in [-0.2, 0) is 11.8 Å². The van der Waals surface area contributed by atoms with Gasteiger partial charge in [-0.15, -0.1) is 0 Å². The number of pyridine rings is 1. The van der Waals surface area contributed by atoms with Crippen LogP contribution in [-0.4, -0.2) is 51.6 Å². The fourth-order valence-corrected chi connectivity index (χ4v) is 5.49. The summed E-state index contributed by atoms with van der Waals surface area (Å²) in [6.07, 6.45) is 9.88. The second-order valence-corrected chi connectivity index (χ2v) is 9.61. The van der Waals surface area contributed by atoms with Crippen molar-refractivity contribution in [1.29, 1.82) is 0 Å². The third-order valence-corrected chi connectivity index (χ3v) is 7.38. The Morgan fingerprint density at radius 3 is 2.52 bits per heavy atom. The summed E-state index contributed by atoms with van der Waals surface area (Å²) in [5.41, 5.74) is 3.38. The minimum Gasteiger partial charge on any atom is -0.355 e. The Balaban J connectivity index is 1.49. The summed E-state index contributed by atoms with van der Waals surface area (Å²) in [4.78, 5) is 32.9. The average Bonchev–Trinajstić information content (AvgIpc) is 3.62. The Labute approximate surface area is 183 Å². The van der Waals surface area contributed by atoms with E-state index in [0.29, 0.717) is 23.9 Å². The Kier molecular flexibility index (Phi) is 5.44. The summed E-state index contributed by atoms with van der Waals surface area (Å²) >= 11 is 0. The Bertz CT molecular complexity index is 1000. The van der Waals surface area contributed by atoms with E-state index >= 15 is 0 Å². The molecule has 0 aromatic carbocycles. The van der Waals surface area contributed by atoms with E-state index in [2.05, 4.69) is 10.2 Å². The SMILES string of the molecule is CNC(=O)c1cc(C2CC2)nc2c1c(C1CCCN(C(=O)C3CCCCC3)C1)nn2C. The molecule has 3 aliphatic rings. The lowest BCUT2D eigenvalue weighted by Gasteiger charge is -2.35. The quantitative estimate of drug-likeness (QED) is 0.816.